The third-order valence-corrected chi connectivity index (χ3v) is 2.42. The first-order valence-electron chi connectivity index (χ1n) is 5.16. The van der Waals surface area contributed by atoms with Crippen molar-refractivity contribution in [3.63, 3.8) is 0 Å². The van der Waals surface area contributed by atoms with Crippen molar-refractivity contribution in [2.45, 2.75) is 19.5 Å². The van der Waals surface area contributed by atoms with Crippen LogP contribution in [0, 0.1) is 6.92 Å². The summed E-state index contributed by atoms with van der Waals surface area (Å²) in [5, 5.41) is 20.4. The van der Waals surface area contributed by atoms with Crippen LogP contribution >= 0.6 is 0 Å². The molecule has 0 saturated heterocycles. The van der Waals surface area contributed by atoms with E-state index in [-0.39, 0.29) is 17.8 Å². The van der Waals surface area contributed by atoms with Gasteiger partial charge in [0.25, 0.3) is 6.43 Å². The SMILES string of the molecule is Cc1cc(NCC(O)C(F)F)cc(C(=O)O)c1N. The van der Waals surface area contributed by atoms with Gasteiger partial charge in [0, 0.05) is 17.9 Å². The molecule has 0 spiro atoms. The van der Waals surface area contributed by atoms with Crippen molar-refractivity contribution in [3.05, 3.63) is 23.3 Å². The fraction of sp³-hybridized carbons (Fsp3) is 0.364. The van der Waals surface area contributed by atoms with Crippen LogP contribution in [0.3, 0.4) is 0 Å². The number of nitrogen functional groups attached to an aromatic ring is 1. The van der Waals surface area contributed by atoms with Crippen LogP contribution in [0.5, 0.6) is 0 Å². The van der Waals surface area contributed by atoms with Crippen LogP contribution in [0.4, 0.5) is 20.2 Å². The Morgan fingerprint density at radius 2 is 2.11 bits per heavy atom. The van der Waals surface area contributed by atoms with Gasteiger partial charge >= 0.3 is 5.97 Å². The molecule has 0 aromatic heterocycles. The van der Waals surface area contributed by atoms with Gasteiger partial charge in [0.05, 0.1) is 5.56 Å². The lowest BCUT2D eigenvalue weighted by Crippen LogP contribution is -2.26. The third-order valence-electron chi connectivity index (χ3n) is 2.42. The zero-order valence-corrected chi connectivity index (χ0v) is 9.65. The Hall–Kier alpha value is -1.89. The predicted molar refractivity (Wildman–Crippen MR) is 63.1 cm³/mol. The molecule has 0 fully saturated rings. The van der Waals surface area contributed by atoms with Crippen LogP contribution in [-0.4, -0.2) is 35.3 Å². The number of aliphatic hydroxyl groups is 1. The van der Waals surface area contributed by atoms with Crippen LogP contribution in [-0.2, 0) is 0 Å². The Morgan fingerprint density at radius 3 is 2.61 bits per heavy atom. The molecule has 5 N–H and O–H groups in total. The summed E-state index contributed by atoms with van der Waals surface area (Å²) < 4.78 is 24.2. The first-order valence-corrected chi connectivity index (χ1v) is 5.16. The van der Waals surface area contributed by atoms with E-state index in [1.165, 1.54) is 12.1 Å². The Balaban J connectivity index is 2.88. The number of halogens is 2. The van der Waals surface area contributed by atoms with Gasteiger partial charge < -0.3 is 21.3 Å². The summed E-state index contributed by atoms with van der Waals surface area (Å²) in [7, 11) is 0. The molecule has 100 valence electrons. The summed E-state index contributed by atoms with van der Waals surface area (Å²) in [5.74, 6) is -1.20. The minimum Gasteiger partial charge on any atom is -0.478 e. The molecule has 1 rings (SSSR count). The third kappa shape index (κ3) is 3.30. The topological polar surface area (TPSA) is 95.6 Å². The summed E-state index contributed by atoms with van der Waals surface area (Å²) in [4.78, 5) is 10.9. The number of nitrogens with one attached hydrogen (secondary N) is 1. The number of aromatic carboxylic acids is 1. The Labute approximate surface area is 102 Å². The first kappa shape index (κ1) is 14.2. The van der Waals surface area contributed by atoms with Crippen molar-refractivity contribution in [1.29, 1.82) is 0 Å². The van der Waals surface area contributed by atoms with E-state index in [2.05, 4.69) is 5.32 Å². The number of alkyl halides is 2. The normalized spacial score (nSPS) is 12.5. The second-order valence-corrected chi connectivity index (χ2v) is 3.84. The Morgan fingerprint density at radius 1 is 1.50 bits per heavy atom. The van der Waals surface area contributed by atoms with Gasteiger partial charge in [0.1, 0.15) is 6.10 Å². The molecule has 5 nitrogen and oxygen atoms in total. The number of hydrogen-bond acceptors (Lipinski definition) is 4. The van der Waals surface area contributed by atoms with Gasteiger partial charge in [-0.25, -0.2) is 13.6 Å². The quantitative estimate of drug-likeness (QED) is 0.599. The molecule has 0 aliphatic rings. The van der Waals surface area contributed by atoms with E-state index >= 15 is 0 Å². The lowest BCUT2D eigenvalue weighted by atomic mass is 10.1. The number of carbonyl (C=O) groups is 1. The molecular formula is C11H14F2N2O3. The van der Waals surface area contributed by atoms with E-state index in [0.29, 0.717) is 11.3 Å². The van der Waals surface area contributed by atoms with Gasteiger partial charge in [-0.2, -0.15) is 0 Å². The lowest BCUT2D eigenvalue weighted by Gasteiger charge is -2.14. The highest BCUT2D eigenvalue weighted by molar-refractivity contribution is 5.95. The number of benzene rings is 1. The molecular weight excluding hydrogens is 246 g/mol. The largest absolute Gasteiger partial charge is 0.478 e. The first-order chi connectivity index (χ1) is 8.32. The number of aryl methyl sites for hydroxylation is 1. The second-order valence-electron chi connectivity index (χ2n) is 3.84. The van der Waals surface area contributed by atoms with E-state index < -0.39 is 18.5 Å². The predicted octanol–water partition coefficient (Wildman–Crippen LogP) is 1.31. The van der Waals surface area contributed by atoms with Gasteiger partial charge in [0.2, 0.25) is 0 Å². The Bertz CT molecular complexity index is 452. The van der Waals surface area contributed by atoms with Gasteiger partial charge in [-0.15, -0.1) is 0 Å². The maximum absolute atomic E-state index is 12.1. The number of rotatable bonds is 5. The summed E-state index contributed by atoms with van der Waals surface area (Å²) in [6.07, 6.45) is -4.66. The van der Waals surface area contributed by atoms with Crippen LogP contribution in [0.25, 0.3) is 0 Å². The molecule has 1 unspecified atom stereocenters. The number of anilines is 2. The molecule has 1 aromatic rings. The maximum Gasteiger partial charge on any atom is 0.337 e. The number of carboxylic acid groups (broad SMARTS) is 1. The molecule has 0 amide bonds. The zero-order valence-electron chi connectivity index (χ0n) is 9.65. The van der Waals surface area contributed by atoms with Crippen molar-refractivity contribution in [3.8, 4) is 0 Å². The van der Waals surface area contributed by atoms with Crippen LogP contribution in [0.1, 0.15) is 15.9 Å². The van der Waals surface area contributed by atoms with Crippen molar-refractivity contribution in [2.75, 3.05) is 17.6 Å². The Kier molecular flexibility index (Phi) is 4.43. The smallest absolute Gasteiger partial charge is 0.337 e. The maximum atomic E-state index is 12.1. The van der Waals surface area contributed by atoms with E-state index in [9.17, 15) is 13.6 Å². The summed E-state index contributed by atoms with van der Waals surface area (Å²) in [5.41, 5.74) is 6.43. The standard InChI is InChI=1S/C11H14F2N2O3/c1-5-2-6(15-4-8(16)10(12)13)3-7(9(5)14)11(17)18/h2-3,8,10,15-16H,4,14H2,1H3,(H,17,18). The second kappa shape index (κ2) is 5.63. The summed E-state index contributed by atoms with van der Waals surface area (Å²) >= 11 is 0. The van der Waals surface area contributed by atoms with E-state index in [1.54, 1.807) is 6.92 Å². The fourth-order valence-electron chi connectivity index (χ4n) is 1.39. The van der Waals surface area contributed by atoms with E-state index in [4.69, 9.17) is 15.9 Å². The molecule has 0 saturated carbocycles. The van der Waals surface area contributed by atoms with Crippen molar-refractivity contribution in [2.24, 2.45) is 0 Å². The van der Waals surface area contributed by atoms with Crippen molar-refractivity contribution in [1.82, 2.24) is 0 Å². The monoisotopic (exact) mass is 260 g/mol. The lowest BCUT2D eigenvalue weighted by molar-refractivity contribution is 0.00384. The molecule has 1 atom stereocenters. The highest BCUT2D eigenvalue weighted by atomic mass is 19.3. The van der Waals surface area contributed by atoms with Gasteiger partial charge in [-0.1, -0.05) is 0 Å². The highest BCUT2D eigenvalue weighted by Crippen LogP contribution is 2.23. The number of carboxylic acids is 1. The van der Waals surface area contributed by atoms with Crippen molar-refractivity contribution >= 4 is 17.3 Å². The van der Waals surface area contributed by atoms with Crippen LogP contribution in [0.2, 0.25) is 0 Å². The molecule has 0 aliphatic heterocycles. The fourth-order valence-corrected chi connectivity index (χ4v) is 1.39. The average molecular weight is 260 g/mol. The number of aliphatic hydroxyl groups excluding tert-OH is 1. The van der Waals surface area contributed by atoms with Crippen LogP contribution in [0.15, 0.2) is 12.1 Å². The number of nitrogens with two attached hydrogens (primary N) is 1. The molecule has 0 aliphatic carbocycles. The average Bonchev–Trinajstić information content (AvgIpc) is 2.29. The van der Waals surface area contributed by atoms with Gasteiger partial charge in [-0.05, 0) is 24.6 Å². The minimum atomic E-state index is -2.86. The van der Waals surface area contributed by atoms with Gasteiger partial charge in [0.15, 0.2) is 0 Å². The summed E-state index contributed by atoms with van der Waals surface area (Å²) in [6, 6.07) is 2.77. The van der Waals surface area contributed by atoms with Crippen molar-refractivity contribution < 1.29 is 23.8 Å². The summed E-state index contributed by atoms with van der Waals surface area (Å²) in [6.45, 7) is 1.23. The highest BCUT2D eigenvalue weighted by Gasteiger charge is 2.17. The van der Waals surface area contributed by atoms with E-state index in [0.717, 1.165) is 0 Å². The van der Waals surface area contributed by atoms with E-state index in [1.807, 2.05) is 0 Å². The number of hydrogen-bond donors (Lipinski definition) is 4. The van der Waals surface area contributed by atoms with Gasteiger partial charge in [-0.3, -0.25) is 0 Å². The van der Waals surface area contributed by atoms with Crippen LogP contribution < -0.4 is 11.1 Å². The molecule has 18 heavy (non-hydrogen) atoms. The molecule has 0 heterocycles. The molecule has 1 aromatic carbocycles. The molecule has 7 heteroatoms. The zero-order chi connectivity index (χ0) is 13.9. The minimum absolute atomic E-state index is 0.107. The molecule has 0 radical (unpaired) electrons. The molecule has 0 bridgehead atoms.